The van der Waals surface area contributed by atoms with Crippen LogP contribution in [0.4, 0.5) is 0 Å². The van der Waals surface area contributed by atoms with Crippen LogP contribution in [0, 0.1) is 0 Å². The minimum atomic E-state index is 0.224. The quantitative estimate of drug-likeness (QED) is 0.754. The van der Waals surface area contributed by atoms with Crippen molar-refractivity contribution in [1.29, 1.82) is 0 Å². The van der Waals surface area contributed by atoms with Crippen LogP contribution in [0.3, 0.4) is 0 Å². The Labute approximate surface area is 110 Å². The molecule has 2 N–H and O–H groups in total. The van der Waals surface area contributed by atoms with Gasteiger partial charge in [0, 0.05) is 19.0 Å². The number of nitrogens with zero attached hydrogens (tertiary/aromatic N) is 1. The first-order valence-electron chi connectivity index (χ1n) is 6.68. The third-order valence-electron chi connectivity index (χ3n) is 2.98. The lowest BCUT2D eigenvalue weighted by Crippen LogP contribution is -2.36. The number of unbranched alkanes of at least 4 members (excludes halogenated alkanes) is 1. The summed E-state index contributed by atoms with van der Waals surface area (Å²) in [4.78, 5) is 14.1. The number of hydrogen-bond donors (Lipinski definition) is 1. The number of amides is 1. The van der Waals surface area contributed by atoms with E-state index in [0.29, 0.717) is 19.5 Å². The molecule has 1 amide bonds. The topological polar surface area (TPSA) is 46.3 Å². The Hall–Kier alpha value is -1.35. The fraction of sp³-hybridized carbons (Fsp3) is 0.533. The van der Waals surface area contributed by atoms with E-state index in [-0.39, 0.29) is 11.9 Å². The smallest absolute Gasteiger partial charge is 0.223 e. The van der Waals surface area contributed by atoms with E-state index in [1.807, 2.05) is 23.1 Å². The summed E-state index contributed by atoms with van der Waals surface area (Å²) < 4.78 is 0. The van der Waals surface area contributed by atoms with Gasteiger partial charge in [-0.15, -0.1) is 0 Å². The van der Waals surface area contributed by atoms with Crippen molar-refractivity contribution in [3.8, 4) is 0 Å². The molecule has 1 aromatic rings. The van der Waals surface area contributed by atoms with E-state index in [4.69, 9.17) is 5.73 Å². The molecule has 3 nitrogen and oxygen atoms in total. The lowest BCUT2D eigenvalue weighted by molar-refractivity contribution is -0.133. The van der Waals surface area contributed by atoms with E-state index >= 15 is 0 Å². The zero-order valence-electron chi connectivity index (χ0n) is 11.4. The highest BCUT2D eigenvalue weighted by atomic mass is 16.2. The number of carbonyl (C=O) groups excluding carboxylic acids is 1. The first-order valence-corrected chi connectivity index (χ1v) is 6.68. The van der Waals surface area contributed by atoms with Crippen molar-refractivity contribution in [3.05, 3.63) is 35.9 Å². The van der Waals surface area contributed by atoms with Crippen LogP contribution in [0.2, 0.25) is 0 Å². The Bertz CT molecular complexity index is 349. The molecule has 0 aromatic heterocycles. The standard InChI is InChI=1S/C15H24N2O/c1-13(2)17(15(18)10-6-7-11-16)12-14-8-4-3-5-9-14/h3-5,8-9,13H,6-7,10-12,16H2,1-2H3. The van der Waals surface area contributed by atoms with Gasteiger partial charge in [0.25, 0.3) is 0 Å². The van der Waals surface area contributed by atoms with Gasteiger partial charge in [0.15, 0.2) is 0 Å². The zero-order chi connectivity index (χ0) is 13.4. The molecule has 0 aliphatic carbocycles. The molecule has 1 rings (SSSR count). The second-order valence-corrected chi connectivity index (χ2v) is 4.85. The van der Waals surface area contributed by atoms with Crippen molar-refractivity contribution < 1.29 is 4.79 Å². The molecular formula is C15H24N2O. The summed E-state index contributed by atoms with van der Waals surface area (Å²) in [7, 11) is 0. The maximum Gasteiger partial charge on any atom is 0.223 e. The third kappa shape index (κ3) is 4.88. The van der Waals surface area contributed by atoms with Gasteiger partial charge in [0.1, 0.15) is 0 Å². The van der Waals surface area contributed by atoms with Crippen molar-refractivity contribution in [1.82, 2.24) is 4.90 Å². The SMILES string of the molecule is CC(C)N(Cc1ccccc1)C(=O)CCCCN. The summed E-state index contributed by atoms with van der Waals surface area (Å²) in [6.45, 7) is 5.47. The van der Waals surface area contributed by atoms with Gasteiger partial charge < -0.3 is 10.6 Å². The maximum absolute atomic E-state index is 12.1. The minimum absolute atomic E-state index is 0.224. The Morgan fingerprint density at radius 3 is 2.44 bits per heavy atom. The van der Waals surface area contributed by atoms with E-state index in [0.717, 1.165) is 12.8 Å². The summed E-state index contributed by atoms with van der Waals surface area (Å²) in [6, 6.07) is 10.4. The Balaban J connectivity index is 2.57. The van der Waals surface area contributed by atoms with Crippen LogP contribution in [0.25, 0.3) is 0 Å². The molecule has 0 heterocycles. The largest absolute Gasteiger partial charge is 0.336 e. The normalized spacial score (nSPS) is 10.7. The summed E-state index contributed by atoms with van der Waals surface area (Å²) in [6.07, 6.45) is 2.40. The Kier molecular flexibility index (Phi) is 6.44. The number of carbonyl (C=O) groups is 1. The molecular weight excluding hydrogens is 224 g/mol. The fourth-order valence-corrected chi connectivity index (χ4v) is 1.90. The molecule has 0 spiro atoms. The van der Waals surface area contributed by atoms with Crippen molar-refractivity contribution in [3.63, 3.8) is 0 Å². The van der Waals surface area contributed by atoms with Crippen LogP contribution < -0.4 is 5.73 Å². The molecule has 0 radical (unpaired) electrons. The van der Waals surface area contributed by atoms with Crippen LogP contribution in [-0.4, -0.2) is 23.4 Å². The molecule has 0 bridgehead atoms. The van der Waals surface area contributed by atoms with Crippen LogP contribution in [-0.2, 0) is 11.3 Å². The molecule has 0 aliphatic rings. The van der Waals surface area contributed by atoms with Gasteiger partial charge in [-0.25, -0.2) is 0 Å². The van der Waals surface area contributed by atoms with Gasteiger partial charge in [0.2, 0.25) is 5.91 Å². The molecule has 3 heteroatoms. The fourth-order valence-electron chi connectivity index (χ4n) is 1.90. The highest BCUT2D eigenvalue weighted by Crippen LogP contribution is 2.11. The highest BCUT2D eigenvalue weighted by Gasteiger charge is 2.16. The predicted molar refractivity (Wildman–Crippen MR) is 75.0 cm³/mol. The first kappa shape index (κ1) is 14.7. The Morgan fingerprint density at radius 1 is 1.22 bits per heavy atom. The lowest BCUT2D eigenvalue weighted by Gasteiger charge is -2.27. The summed E-state index contributed by atoms with van der Waals surface area (Å²) in [5.74, 6) is 0.224. The van der Waals surface area contributed by atoms with Gasteiger partial charge in [-0.1, -0.05) is 30.3 Å². The molecule has 0 unspecified atom stereocenters. The number of nitrogens with two attached hydrogens (primary N) is 1. The average Bonchev–Trinajstić information content (AvgIpc) is 2.37. The number of hydrogen-bond acceptors (Lipinski definition) is 2. The van der Waals surface area contributed by atoms with Crippen LogP contribution in [0.5, 0.6) is 0 Å². The number of rotatable bonds is 7. The molecule has 0 atom stereocenters. The third-order valence-corrected chi connectivity index (χ3v) is 2.98. The van der Waals surface area contributed by atoms with Gasteiger partial charge in [-0.2, -0.15) is 0 Å². The van der Waals surface area contributed by atoms with Gasteiger partial charge in [-0.05, 0) is 38.8 Å². The molecule has 0 saturated heterocycles. The molecule has 1 aromatic carbocycles. The van der Waals surface area contributed by atoms with E-state index in [1.54, 1.807) is 0 Å². The number of benzene rings is 1. The molecule has 0 aliphatic heterocycles. The minimum Gasteiger partial charge on any atom is -0.336 e. The van der Waals surface area contributed by atoms with E-state index in [2.05, 4.69) is 26.0 Å². The van der Waals surface area contributed by atoms with Crippen molar-refractivity contribution in [2.45, 2.75) is 45.7 Å². The summed E-state index contributed by atoms with van der Waals surface area (Å²) in [5, 5.41) is 0. The van der Waals surface area contributed by atoms with E-state index in [9.17, 15) is 4.79 Å². The molecule has 0 saturated carbocycles. The Morgan fingerprint density at radius 2 is 1.89 bits per heavy atom. The van der Waals surface area contributed by atoms with Crippen molar-refractivity contribution >= 4 is 5.91 Å². The monoisotopic (exact) mass is 248 g/mol. The van der Waals surface area contributed by atoms with Crippen molar-refractivity contribution in [2.24, 2.45) is 5.73 Å². The van der Waals surface area contributed by atoms with Gasteiger partial charge in [0.05, 0.1) is 0 Å². The van der Waals surface area contributed by atoms with Crippen LogP contribution >= 0.6 is 0 Å². The van der Waals surface area contributed by atoms with Gasteiger partial charge in [-0.3, -0.25) is 4.79 Å². The van der Waals surface area contributed by atoms with E-state index < -0.39 is 0 Å². The molecule has 18 heavy (non-hydrogen) atoms. The summed E-state index contributed by atoms with van der Waals surface area (Å²) in [5.41, 5.74) is 6.63. The van der Waals surface area contributed by atoms with Crippen LogP contribution in [0.1, 0.15) is 38.7 Å². The second-order valence-electron chi connectivity index (χ2n) is 4.85. The first-order chi connectivity index (χ1) is 8.65. The van der Waals surface area contributed by atoms with Gasteiger partial charge >= 0.3 is 0 Å². The predicted octanol–water partition coefficient (Wildman–Crippen LogP) is 2.55. The van der Waals surface area contributed by atoms with Crippen molar-refractivity contribution in [2.75, 3.05) is 6.54 Å². The van der Waals surface area contributed by atoms with E-state index in [1.165, 1.54) is 5.56 Å². The maximum atomic E-state index is 12.1. The second kappa shape index (κ2) is 7.88. The molecule has 0 fully saturated rings. The zero-order valence-corrected chi connectivity index (χ0v) is 11.4. The highest BCUT2D eigenvalue weighted by molar-refractivity contribution is 5.76. The van der Waals surface area contributed by atoms with Crippen LogP contribution in [0.15, 0.2) is 30.3 Å². The molecule has 100 valence electrons. The lowest BCUT2D eigenvalue weighted by atomic mass is 10.1. The summed E-state index contributed by atoms with van der Waals surface area (Å²) >= 11 is 0. The average molecular weight is 248 g/mol.